The average molecular weight is 301 g/mol. The lowest BCUT2D eigenvalue weighted by molar-refractivity contribution is 0.105. The zero-order valence-corrected chi connectivity index (χ0v) is 12.5. The number of ketones is 1. The van der Waals surface area contributed by atoms with Gasteiger partial charge in [0.25, 0.3) is 0 Å². The van der Waals surface area contributed by atoms with Gasteiger partial charge >= 0.3 is 0 Å². The molecule has 0 amide bonds. The number of carbonyl (C=O) groups excluding carboxylic acids is 1. The molecule has 0 aliphatic carbocycles. The van der Waals surface area contributed by atoms with E-state index in [4.69, 9.17) is 9.47 Å². The van der Waals surface area contributed by atoms with Crippen molar-refractivity contribution in [3.05, 3.63) is 45.9 Å². The quantitative estimate of drug-likeness (QED) is 0.643. The summed E-state index contributed by atoms with van der Waals surface area (Å²) >= 11 is 1.36. The minimum Gasteiger partial charge on any atom is -0.490 e. The number of hydrogen-bond donors (Lipinski definition) is 0. The van der Waals surface area contributed by atoms with E-state index in [-0.39, 0.29) is 5.78 Å². The van der Waals surface area contributed by atoms with Crippen molar-refractivity contribution >= 4 is 23.2 Å². The number of aryl methyl sites for hydroxylation is 1. The summed E-state index contributed by atoms with van der Waals surface area (Å²) in [6.45, 7) is 3.11. The number of allylic oxidation sites excluding steroid dienone is 1. The van der Waals surface area contributed by atoms with Crippen LogP contribution < -0.4 is 9.47 Å². The highest BCUT2D eigenvalue weighted by molar-refractivity contribution is 7.12. The predicted molar refractivity (Wildman–Crippen MR) is 82.3 cm³/mol. The topological polar surface area (TPSA) is 48.4 Å². The number of benzene rings is 1. The molecule has 5 heteroatoms. The molecule has 1 aliphatic rings. The molecule has 1 aliphatic heterocycles. The van der Waals surface area contributed by atoms with Crippen LogP contribution in [0.15, 0.2) is 29.8 Å². The fraction of sp³-hybridized carbons (Fsp3) is 0.250. The van der Waals surface area contributed by atoms with Crippen molar-refractivity contribution in [2.75, 3.05) is 13.2 Å². The van der Waals surface area contributed by atoms with Crippen LogP contribution in [-0.2, 0) is 0 Å². The van der Waals surface area contributed by atoms with Crippen LogP contribution in [0, 0.1) is 6.92 Å². The number of ether oxygens (including phenoxy) is 2. The Kier molecular flexibility index (Phi) is 4.01. The van der Waals surface area contributed by atoms with Crippen molar-refractivity contribution < 1.29 is 14.3 Å². The van der Waals surface area contributed by atoms with Gasteiger partial charge in [0.05, 0.1) is 29.3 Å². The van der Waals surface area contributed by atoms with Crippen LogP contribution in [0.1, 0.15) is 27.3 Å². The van der Waals surface area contributed by atoms with Crippen LogP contribution in [-0.4, -0.2) is 24.0 Å². The summed E-state index contributed by atoms with van der Waals surface area (Å²) in [5, 5.41) is 0. The Balaban J connectivity index is 1.87. The molecular weight excluding hydrogens is 286 g/mol. The Bertz CT molecular complexity index is 691. The van der Waals surface area contributed by atoms with Gasteiger partial charge in [-0.15, -0.1) is 11.3 Å². The number of aromatic nitrogens is 1. The van der Waals surface area contributed by atoms with E-state index in [1.807, 2.05) is 25.1 Å². The second kappa shape index (κ2) is 6.10. The maximum Gasteiger partial charge on any atom is 0.197 e. The minimum absolute atomic E-state index is 0.0397. The minimum atomic E-state index is -0.0397. The average Bonchev–Trinajstić information content (AvgIpc) is 2.77. The molecule has 1 aromatic heterocycles. The van der Waals surface area contributed by atoms with Gasteiger partial charge in [-0.05, 0) is 25.1 Å². The SMILES string of the molecule is Cc1ncsc1C(=O)/C=C/c1cccc2c1OCCCO2. The van der Waals surface area contributed by atoms with E-state index in [1.54, 1.807) is 17.7 Å². The lowest BCUT2D eigenvalue weighted by Crippen LogP contribution is -1.98. The van der Waals surface area contributed by atoms with Gasteiger partial charge in [-0.1, -0.05) is 12.1 Å². The number of carbonyl (C=O) groups is 1. The Labute approximate surface area is 127 Å². The van der Waals surface area contributed by atoms with E-state index < -0.39 is 0 Å². The van der Waals surface area contributed by atoms with Gasteiger partial charge in [0, 0.05) is 12.0 Å². The maximum atomic E-state index is 12.1. The first-order valence-electron chi connectivity index (χ1n) is 6.77. The lowest BCUT2D eigenvalue weighted by atomic mass is 10.1. The Morgan fingerprint density at radius 1 is 1.33 bits per heavy atom. The molecule has 2 heterocycles. The fourth-order valence-electron chi connectivity index (χ4n) is 2.13. The van der Waals surface area contributed by atoms with Gasteiger partial charge in [-0.3, -0.25) is 4.79 Å². The zero-order valence-electron chi connectivity index (χ0n) is 11.7. The van der Waals surface area contributed by atoms with Crippen molar-refractivity contribution in [3.8, 4) is 11.5 Å². The van der Waals surface area contributed by atoms with Crippen LogP contribution in [0.4, 0.5) is 0 Å². The monoisotopic (exact) mass is 301 g/mol. The highest BCUT2D eigenvalue weighted by Crippen LogP contribution is 2.34. The summed E-state index contributed by atoms with van der Waals surface area (Å²) in [6.07, 6.45) is 4.19. The van der Waals surface area contributed by atoms with Gasteiger partial charge < -0.3 is 9.47 Å². The molecule has 2 aromatic rings. The van der Waals surface area contributed by atoms with E-state index in [9.17, 15) is 4.79 Å². The number of nitrogens with zero attached hydrogens (tertiary/aromatic N) is 1. The van der Waals surface area contributed by atoms with Gasteiger partial charge in [-0.25, -0.2) is 4.98 Å². The zero-order chi connectivity index (χ0) is 14.7. The molecule has 0 fully saturated rings. The van der Waals surface area contributed by atoms with E-state index in [0.717, 1.165) is 23.4 Å². The molecule has 0 unspecified atom stereocenters. The molecule has 0 N–H and O–H groups in total. The van der Waals surface area contributed by atoms with E-state index in [1.165, 1.54) is 11.3 Å². The molecule has 3 rings (SSSR count). The summed E-state index contributed by atoms with van der Waals surface area (Å²) in [5.41, 5.74) is 3.30. The Morgan fingerprint density at radius 2 is 2.19 bits per heavy atom. The summed E-state index contributed by atoms with van der Waals surface area (Å²) in [7, 11) is 0. The van der Waals surface area contributed by atoms with Crippen LogP contribution in [0.3, 0.4) is 0 Å². The first-order valence-corrected chi connectivity index (χ1v) is 7.65. The van der Waals surface area contributed by atoms with Crippen LogP contribution in [0.25, 0.3) is 6.08 Å². The predicted octanol–water partition coefficient (Wildman–Crippen LogP) is 3.51. The van der Waals surface area contributed by atoms with Crippen molar-refractivity contribution in [2.24, 2.45) is 0 Å². The fourth-order valence-corrected chi connectivity index (χ4v) is 2.85. The third-order valence-electron chi connectivity index (χ3n) is 3.19. The molecule has 0 saturated heterocycles. The number of para-hydroxylation sites is 1. The standard InChI is InChI=1S/C16H15NO3S/c1-11-16(21-10-17-11)13(18)7-6-12-4-2-5-14-15(12)20-9-3-8-19-14/h2,4-7,10H,3,8-9H2,1H3/b7-6+. The third-order valence-corrected chi connectivity index (χ3v) is 4.13. The van der Waals surface area contributed by atoms with Crippen LogP contribution >= 0.6 is 11.3 Å². The van der Waals surface area contributed by atoms with Crippen LogP contribution in [0.2, 0.25) is 0 Å². The third kappa shape index (κ3) is 2.97. The number of rotatable bonds is 3. The molecule has 4 nitrogen and oxygen atoms in total. The molecule has 1 aromatic carbocycles. The molecule has 0 atom stereocenters. The van der Waals surface area contributed by atoms with Gasteiger partial charge in [0.15, 0.2) is 17.3 Å². The number of hydrogen-bond acceptors (Lipinski definition) is 5. The number of fused-ring (bicyclic) bond motifs is 1. The van der Waals surface area contributed by atoms with Gasteiger partial charge in [-0.2, -0.15) is 0 Å². The molecule has 21 heavy (non-hydrogen) atoms. The van der Waals surface area contributed by atoms with Gasteiger partial charge in [0.1, 0.15) is 0 Å². The van der Waals surface area contributed by atoms with E-state index >= 15 is 0 Å². The van der Waals surface area contributed by atoms with E-state index in [0.29, 0.717) is 23.8 Å². The second-order valence-electron chi connectivity index (χ2n) is 4.69. The second-order valence-corrected chi connectivity index (χ2v) is 5.54. The summed E-state index contributed by atoms with van der Waals surface area (Å²) in [6, 6.07) is 5.69. The Hall–Kier alpha value is -2.14. The van der Waals surface area contributed by atoms with Crippen molar-refractivity contribution in [3.63, 3.8) is 0 Å². The van der Waals surface area contributed by atoms with Crippen molar-refractivity contribution in [1.29, 1.82) is 0 Å². The highest BCUT2D eigenvalue weighted by Gasteiger charge is 2.14. The normalized spacial score (nSPS) is 14.1. The maximum absolute atomic E-state index is 12.1. The largest absolute Gasteiger partial charge is 0.490 e. The summed E-state index contributed by atoms with van der Waals surface area (Å²) in [5.74, 6) is 1.40. The Morgan fingerprint density at radius 3 is 3.00 bits per heavy atom. The smallest absolute Gasteiger partial charge is 0.197 e. The summed E-state index contributed by atoms with van der Waals surface area (Å²) in [4.78, 5) is 16.9. The van der Waals surface area contributed by atoms with Gasteiger partial charge in [0.2, 0.25) is 0 Å². The highest BCUT2D eigenvalue weighted by atomic mass is 32.1. The number of thiazole rings is 1. The summed E-state index contributed by atoms with van der Waals surface area (Å²) < 4.78 is 11.4. The van der Waals surface area contributed by atoms with Crippen LogP contribution in [0.5, 0.6) is 11.5 Å². The molecule has 0 saturated carbocycles. The molecule has 0 radical (unpaired) electrons. The van der Waals surface area contributed by atoms with E-state index in [2.05, 4.69) is 4.98 Å². The molecule has 0 spiro atoms. The van der Waals surface area contributed by atoms with Crippen molar-refractivity contribution in [1.82, 2.24) is 4.98 Å². The van der Waals surface area contributed by atoms with Crippen molar-refractivity contribution in [2.45, 2.75) is 13.3 Å². The molecule has 0 bridgehead atoms. The first-order chi connectivity index (χ1) is 10.3. The molecule has 108 valence electrons. The molecular formula is C16H15NO3S. The lowest BCUT2D eigenvalue weighted by Gasteiger charge is -2.09. The first kappa shape index (κ1) is 13.8.